The zero-order chi connectivity index (χ0) is 38.9. The fourth-order valence-corrected chi connectivity index (χ4v) is 10.4. The summed E-state index contributed by atoms with van der Waals surface area (Å²) in [6.07, 6.45) is 0. The van der Waals surface area contributed by atoms with E-state index in [-0.39, 0.29) is 0 Å². The van der Waals surface area contributed by atoms with Crippen LogP contribution in [0, 0.1) is 0 Å². The molecule has 12 rings (SSSR count). The number of oxazole rings is 1. The van der Waals surface area contributed by atoms with Gasteiger partial charge in [-0.2, -0.15) is 0 Å². The molecule has 0 bridgehead atoms. The van der Waals surface area contributed by atoms with Gasteiger partial charge in [0.25, 0.3) is 0 Å². The molecule has 0 radical (unpaired) electrons. The van der Waals surface area contributed by atoms with Crippen molar-refractivity contribution in [2.24, 2.45) is 0 Å². The van der Waals surface area contributed by atoms with Crippen molar-refractivity contribution in [1.82, 2.24) is 19.9 Å². The summed E-state index contributed by atoms with van der Waals surface area (Å²) in [4.78, 5) is 20.9. The molecule has 5 nitrogen and oxygen atoms in total. The summed E-state index contributed by atoms with van der Waals surface area (Å²) in [6.45, 7) is 0. The van der Waals surface area contributed by atoms with Crippen LogP contribution in [0.4, 0.5) is 0 Å². The first-order chi connectivity index (χ1) is 29.3. The SMILES string of the molecule is c1ccc(-c2nc(-c3cccc4c3-c3ccccc3C4(c3ccccc3)c3ccccc3)nc(-c3cccc4sc5c(-c6nc7ccccc7o6)cccc5c34)n2)cc1. The second-order valence-electron chi connectivity index (χ2n) is 14.9. The highest BCUT2D eigenvalue weighted by atomic mass is 32.1. The molecule has 0 atom stereocenters. The van der Waals surface area contributed by atoms with Gasteiger partial charge in [-0.1, -0.05) is 170 Å². The van der Waals surface area contributed by atoms with Crippen LogP contribution in [0.5, 0.6) is 0 Å². The van der Waals surface area contributed by atoms with Crippen LogP contribution in [0.15, 0.2) is 199 Å². The van der Waals surface area contributed by atoms with Crippen LogP contribution in [0.3, 0.4) is 0 Å². The minimum absolute atomic E-state index is 0.545. The molecule has 11 aromatic rings. The molecule has 3 heterocycles. The minimum atomic E-state index is -0.545. The Kier molecular flexibility index (Phi) is 7.55. The minimum Gasteiger partial charge on any atom is -0.436 e. The maximum Gasteiger partial charge on any atom is 0.228 e. The summed E-state index contributed by atoms with van der Waals surface area (Å²) in [5.74, 6) is 2.48. The summed E-state index contributed by atoms with van der Waals surface area (Å²) in [5.41, 5.74) is 12.0. The lowest BCUT2D eigenvalue weighted by molar-refractivity contribution is 0.621. The van der Waals surface area contributed by atoms with Gasteiger partial charge in [0.1, 0.15) is 5.52 Å². The molecule has 59 heavy (non-hydrogen) atoms. The predicted molar refractivity (Wildman–Crippen MR) is 239 cm³/mol. The van der Waals surface area contributed by atoms with E-state index in [2.05, 4.69) is 152 Å². The van der Waals surface area contributed by atoms with Crippen LogP contribution < -0.4 is 0 Å². The van der Waals surface area contributed by atoms with Gasteiger partial charge in [-0.05, 0) is 57.6 Å². The third kappa shape index (κ3) is 5.10. The lowest BCUT2D eigenvalue weighted by Crippen LogP contribution is -2.28. The molecule has 3 aromatic heterocycles. The molecule has 0 aliphatic heterocycles. The number of rotatable bonds is 6. The van der Waals surface area contributed by atoms with Crippen LogP contribution in [-0.2, 0) is 5.41 Å². The number of hydrogen-bond donors (Lipinski definition) is 0. The molecule has 1 aliphatic rings. The third-order valence-corrected chi connectivity index (χ3v) is 12.9. The number of nitrogens with zero attached hydrogens (tertiary/aromatic N) is 4. The van der Waals surface area contributed by atoms with Gasteiger partial charge in [-0.3, -0.25) is 0 Å². The van der Waals surface area contributed by atoms with E-state index in [9.17, 15) is 0 Å². The van der Waals surface area contributed by atoms with Gasteiger partial charge in [-0.15, -0.1) is 11.3 Å². The highest BCUT2D eigenvalue weighted by Crippen LogP contribution is 2.58. The Morgan fingerprint density at radius 1 is 0.424 bits per heavy atom. The molecule has 0 fully saturated rings. The van der Waals surface area contributed by atoms with Crippen molar-refractivity contribution in [1.29, 1.82) is 0 Å². The largest absolute Gasteiger partial charge is 0.436 e. The van der Waals surface area contributed by atoms with Crippen molar-refractivity contribution in [3.05, 3.63) is 216 Å². The van der Waals surface area contributed by atoms with Crippen molar-refractivity contribution in [3.63, 3.8) is 0 Å². The quantitative estimate of drug-likeness (QED) is 0.168. The van der Waals surface area contributed by atoms with Crippen LogP contribution in [0.25, 0.3) is 88.0 Å². The molecule has 1 aliphatic carbocycles. The first kappa shape index (κ1) is 33.6. The third-order valence-electron chi connectivity index (χ3n) is 11.7. The fraction of sp³-hybridized carbons (Fsp3) is 0.0189. The average Bonchev–Trinajstić information content (AvgIpc) is 4.01. The van der Waals surface area contributed by atoms with Gasteiger partial charge in [0, 0.05) is 36.9 Å². The van der Waals surface area contributed by atoms with Gasteiger partial charge in [0.2, 0.25) is 5.89 Å². The second kappa shape index (κ2) is 13.3. The van der Waals surface area contributed by atoms with E-state index in [1.165, 1.54) is 27.8 Å². The Morgan fingerprint density at radius 2 is 1.00 bits per heavy atom. The summed E-state index contributed by atoms with van der Waals surface area (Å²) in [6, 6.07) is 68.1. The molecule has 8 aromatic carbocycles. The van der Waals surface area contributed by atoms with E-state index in [0.29, 0.717) is 23.4 Å². The van der Waals surface area contributed by atoms with E-state index in [1.807, 2.05) is 42.5 Å². The molecule has 6 heteroatoms. The smallest absolute Gasteiger partial charge is 0.228 e. The first-order valence-corrected chi connectivity index (χ1v) is 20.5. The lowest BCUT2D eigenvalue weighted by atomic mass is 9.67. The van der Waals surface area contributed by atoms with Gasteiger partial charge in [-0.25, -0.2) is 19.9 Å². The highest BCUT2D eigenvalue weighted by Gasteiger charge is 2.47. The number of para-hydroxylation sites is 2. The molecule has 276 valence electrons. The summed E-state index contributed by atoms with van der Waals surface area (Å²) in [7, 11) is 0. The Labute approximate surface area is 344 Å². The van der Waals surface area contributed by atoms with E-state index in [0.717, 1.165) is 59.1 Å². The predicted octanol–water partition coefficient (Wildman–Crippen LogP) is 13.4. The molecular weight excluding hydrogens is 741 g/mol. The maximum absolute atomic E-state index is 6.30. The molecule has 0 saturated carbocycles. The van der Waals surface area contributed by atoms with Gasteiger partial charge in [0.15, 0.2) is 23.1 Å². The summed E-state index contributed by atoms with van der Waals surface area (Å²) < 4.78 is 8.54. The number of benzene rings is 8. The van der Waals surface area contributed by atoms with Crippen LogP contribution >= 0.6 is 11.3 Å². The van der Waals surface area contributed by atoms with Gasteiger partial charge >= 0.3 is 0 Å². The molecule has 0 saturated heterocycles. The lowest BCUT2D eigenvalue weighted by Gasteiger charge is -2.33. The molecule has 0 N–H and O–H groups in total. The first-order valence-electron chi connectivity index (χ1n) is 19.7. The number of fused-ring (bicyclic) bond motifs is 7. The van der Waals surface area contributed by atoms with Gasteiger partial charge in [0.05, 0.1) is 11.0 Å². The Hall–Kier alpha value is -7.54. The van der Waals surface area contributed by atoms with Gasteiger partial charge < -0.3 is 4.42 Å². The van der Waals surface area contributed by atoms with E-state index in [1.54, 1.807) is 11.3 Å². The molecule has 0 unspecified atom stereocenters. The van der Waals surface area contributed by atoms with Crippen molar-refractivity contribution in [2.45, 2.75) is 5.41 Å². The highest BCUT2D eigenvalue weighted by molar-refractivity contribution is 7.26. The number of aromatic nitrogens is 4. The van der Waals surface area contributed by atoms with E-state index in [4.69, 9.17) is 24.4 Å². The second-order valence-corrected chi connectivity index (χ2v) is 15.9. The van der Waals surface area contributed by atoms with Crippen molar-refractivity contribution in [3.8, 4) is 56.7 Å². The van der Waals surface area contributed by atoms with Crippen LogP contribution in [0.2, 0.25) is 0 Å². The van der Waals surface area contributed by atoms with Crippen molar-refractivity contribution < 1.29 is 4.42 Å². The zero-order valence-electron chi connectivity index (χ0n) is 31.6. The molecule has 0 spiro atoms. The Morgan fingerprint density at radius 3 is 1.78 bits per heavy atom. The number of thiophene rings is 1. The van der Waals surface area contributed by atoms with Crippen LogP contribution in [0.1, 0.15) is 22.3 Å². The van der Waals surface area contributed by atoms with E-state index >= 15 is 0 Å². The summed E-state index contributed by atoms with van der Waals surface area (Å²) in [5, 5.41) is 2.20. The van der Waals surface area contributed by atoms with Crippen molar-refractivity contribution in [2.75, 3.05) is 0 Å². The topological polar surface area (TPSA) is 64.7 Å². The maximum atomic E-state index is 6.30. The monoisotopic (exact) mass is 772 g/mol. The molecule has 0 amide bonds. The Balaban J connectivity index is 1.12. The molecular formula is C53H32N4OS. The Bertz CT molecular complexity index is 3320. The number of hydrogen-bond acceptors (Lipinski definition) is 6. The standard InChI is InChI=1S/C53H32N4OS/c1-4-17-33(18-5-1)49-55-50(38-25-15-29-42-46(38)36-23-10-11-28-41(36)53(42,34-19-6-2-7-20-34)35-21-8-3-9-22-35)57-51(56-49)39-26-16-32-45-47(39)37-24-14-27-40(48(37)59-45)52-54-43-30-12-13-31-44(43)58-52/h1-32H. The van der Waals surface area contributed by atoms with Crippen molar-refractivity contribution >= 4 is 42.6 Å². The fourth-order valence-electron chi connectivity index (χ4n) is 9.20. The normalized spacial score (nSPS) is 12.9. The van der Waals surface area contributed by atoms with Crippen LogP contribution in [-0.4, -0.2) is 19.9 Å². The van der Waals surface area contributed by atoms with E-state index < -0.39 is 5.41 Å². The summed E-state index contributed by atoms with van der Waals surface area (Å²) >= 11 is 1.74. The average molecular weight is 773 g/mol. The zero-order valence-corrected chi connectivity index (χ0v) is 32.4.